The van der Waals surface area contributed by atoms with Crippen molar-refractivity contribution in [1.82, 2.24) is 9.71 Å². The summed E-state index contributed by atoms with van der Waals surface area (Å²) in [5.41, 5.74) is 2.88. The fourth-order valence-electron chi connectivity index (χ4n) is 2.22. The minimum absolute atomic E-state index is 0.0977. The van der Waals surface area contributed by atoms with E-state index in [-0.39, 0.29) is 18.9 Å². The number of pyridine rings is 1. The molecule has 1 aromatic carbocycles. The third-order valence-electron chi connectivity index (χ3n) is 3.51. The van der Waals surface area contributed by atoms with Gasteiger partial charge in [0, 0.05) is 24.5 Å². The van der Waals surface area contributed by atoms with Crippen LogP contribution in [0.1, 0.15) is 5.56 Å². The Morgan fingerprint density at radius 1 is 1.08 bits per heavy atom. The van der Waals surface area contributed by atoms with Gasteiger partial charge in [0.15, 0.2) is 0 Å². The third-order valence-corrected chi connectivity index (χ3v) is 5.48. The lowest BCUT2D eigenvalue weighted by atomic mass is 10.1. The molecule has 0 aliphatic carbocycles. The van der Waals surface area contributed by atoms with Crippen LogP contribution in [0.25, 0.3) is 11.1 Å². The standard InChI is InChI=1S/C18H18N2O3S2/c21-25(22,9-7-23-18-4-2-1-3-5-18)20-12-15-10-17(13-19-11-15)16-6-8-24-14-16/h1-6,8,10-11,13-14,20H,7,9,12H2. The maximum Gasteiger partial charge on any atom is 0.215 e. The molecular formula is C18H18N2O3S2. The summed E-state index contributed by atoms with van der Waals surface area (Å²) in [6.07, 6.45) is 3.44. The van der Waals surface area contributed by atoms with Gasteiger partial charge in [0.25, 0.3) is 0 Å². The number of ether oxygens (including phenoxy) is 1. The number of hydrogen-bond donors (Lipinski definition) is 1. The largest absolute Gasteiger partial charge is 0.492 e. The number of rotatable bonds is 8. The van der Waals surface area contributed by atoms with Gasteiger partial charge in [0.05, 0.1) is 5.75 Å². The average Bonchev–Trinajstić information content (AvgIpc) is 3.16. The number of thiophene rings is 1. The Hall–Kier alpha value is -2.22. The molecule has 2 heterocycles. The molecule has 0 aliphatic rings. The molecule has 0 atom stereocenters. The Kier molecular flexibility index (Phi) is 5.80. The lowest BCUT2D eigenvalue weighted by Crippen LogP contribution is -2.28. The second kappa shape index (κ2) is 8.24. The second-order valence-corrected chi connectivity index (χ2v) is 8.10. The van der Waals surface area contributed by atoms with Gasteiger partial charge in [0.2, 0.25) is 10.0 Å². The molecule has 0 saturated carbocycles. The van der Waals surface area contributed by atoms with Crippen LogP contribution in [0.4, 0.5) is 0 Å². The van der Waals surface area contributed by atoms with E-state index in [1.54, 1.807) is 35.9 Å². The highest BCUT2D eigenvalue weighted by atomic mass is 32.2. The highest BCUT2D eigenvalue weighted by Gasteiger charge is 2.11. The lowest BCUT2D eigenvalue weighted by Gasteiger charge is -2.09. The third kappa shape index (κ3) is 5.38. The Labute approximate surface area is 151 Å². The minimum atomic E-state index is -3.42. The summed E-state index contributed by atoms with van der Waals surface area (Å²) in [5.74, 6) is 0.560. The Balaban J connectivity index is 1.53. The van der Waals surface area contributed by atoms with Crippen LogP contribution >= 0.6 is 11.3 Å². The first-order valence-electron chi connectivity index (χ1n) is 7.74. The van der Waals surface area contributed by atoms with Crippen molar-refractivity contribution in [3.8, 4) is 16.9 Å². The molecule has 0 amide bonds. The SMILES string of the molecule is O=S(=O)(CCOc1ccccc1)NCc1cncc(-c2ccsc2)c1. The van der Waals surface area contributed by atoms with Crippen molar-refractivity contribution in [2.45, 2.75) is 6.54 Å². The number of nitrogens with one attached hydrogen (secondary N) is 1. The summed E-state index contributed by atoms with van der Waals surface area (Å²) in [7, 11) is -3.42. The summed E-state index contributed by atoms with van der Waals surface area (Å²) < 4.78 is 32.2. The summed E-state index contributed by atoms with van der Waals surface area (Å²) in [6.45, 7) is 0.311. The number of nitrogens with zero attached hydrogens (tertiary/aromatic N) is 1. The van der Waals surface area contributed by atoms with Crippen molar-refractivity contribution in [2.75, 3.05) is 12.4 Å². The molecule has 0 aliphatic heterocycles. The molecule has 3 aromatic rings. The predicted molar refractivity (Wildman–Crippen MR) is 100 cm³/mol. The molecule has 130 valence electrons. The first kappa shape index (κ1) is 17.6. The lowest BCUT2D eigenvalue weighted by molar-refractivity contribution is 0.340. The van der Waals surface area contributed by atoms with Crippen molar-refractivity contribution in [3.05, 3.63) is 71.2 Å². The number of sulfonamides is 1. The Morgan fingerprint density at radius 2 is 1.92 bits per heavy atom. The molecule has 0 unspecified atom stereocenters. The highest BCUT2D eigenvalue weighted by molar-refractivity contribution is 7.89. The van der Waals surface area contributed by atoms with E-state index in [4.69, 9.17) is 4.74 Å². The summed E-state index contributed by atoms with van der Waals surface area (Å²) >= 11 is 1.61. The molecule has 7 heteroatoms. The zero-order valence-corrected chi connectivity index (χ0v) is 15.1. The van der Waals surface area contributed by atoms with Gasteiger partial charge in [0.1, 0.15) is 12.4 Å². The Bertz CT molecular complexity index is 895. The number of para-hydroxylation sites is 1. The summed E-state index contributed by atoms with van der Waals surface area (Å²) in [4.78, 5) is 4.19. The van der Waals surface area contributed by atoms with Gasteiger partial charge in [-0.15, -0.1) is 0 Å². The minimum Gasteiger partial charge on any atom is -0.492 e. The number of benzene rings is 1. The van der Waals surface area contributed by atoms with Crippen LogP contribution in [0.15, 0.2) is 65.6 Å². The van der Waals surface area contributed by atoms with Gasteiger partial charge in [-0.05, 0) is 46.2 Å². The molecule has 5 nitrogen and oxygen atoms in total. The molecule has 0 fully saturated rings. The molecule has 0 saturated heterocycles. The van der Waals surface area contributed by atoms with Crippen molar-refractivity contribution < 1.29 is 13.2 Å². The molecule has 2 aromatic heterocycles. The van der Waals surface area contributed by atoms with E-state index in [9.17, 15) is 8.42 Å². The predicted octanol–water partition coefficient (Wildman–Crippen LogP) is 3.31. The van der Waals surface area contributed by atoms with E-state index < -0.39 is 10.0 Å². The van der Waals surface area contributed by atoms with Gasteiger partial charge < -0.3 is 4.74 Å². The first-order chi connectivity index (χ1) is 12.1. The van der Waals surface area contributed by atoms with Crippen LogP contribution in [0.3, 0.4) is 0 Å². The second-order valence-electron chi connectivity index (χ2n) is 5.40. The fourth-order valence-corrected chi connectivity index (χ4v) is 3.72. The van der Waals surface area contributed by atoms with Crippen molar-refractivity contribution in [3.63, 3.8) is 0 Å². The average molecular weight is 374 g/mol. The van der Waals surface area contributed by atoms with E-state index in [0.29, 0.717) is 5.75 Å². The quantitative estimate of drug-likeness (QED) is 0.657. The molecule has 0 bridgehead atoms. The van der Waals surface area contributed by atoms with Crippen LogP contribution in [0.2, 0.25) is 0 Å². The van der Waals surface area contributed by atoms with Gasteiger partial charge >= 0.3 is 0 Å². The van der Waals surface area contributed by atoms with Crippen LogP contribution in [0.5, 0.6) is 5.75 Å². The van der Waals surface area contributed by atoms with Gasteiger partial charge in [-0.3, -0.25) is 4.98 Å². The maximum atomic E-state index is 12.1. The maximum absolute atomic E-state index is 12.1. The normalized spacial score (nSPS) is 11.4. The van der Waals surface area contributed by atoms with E-state index >= 15 is 0 Å². The number of hydrogen-bond acceptors (Lipinski definition) is 5. The molecule has 0 spiro atoms. The monoisotopic (exact) mass is 374 g/mol. The zero-order chi connectivity index (χ0) is 17.5. The van der Waals surface area contributed by atoms with E-state index in [2.05, 4.69) is 9.71 Å². The molecule has 1 N–H and O–H groups in total. The smallest absolute Gasteiger partial charge is 0.215 e. The summed E-state index contributed by atoms with van der Waals surface area (Å²) in [5, 5.41) is 4.03. The number of aromatic nitrogens is 1. The first-order valence-corrected chi connectivity index (χ1v) is 10.3. The highest BCUT2D eigenvalue weighted by Crippen LogP contribution is 2.21. The van der Waals surface area contributed by atoms with Gasteiger partial charge in [-0.2, -0.15) is 11.3 Å². The summed E-state index contributed by atoms with van der Waals surface area (Å²) in [6, 6.07) is 13.1. The van der Waals surface area contributed by atoms with Crippen LogP contribution < -0.4 is 9.46 Å². The topological polar surface area (TPSA) is 68.3 Å². The fraction of sp³-hybridized carbons (Fsp3) is 0.167. The Morgan fingerprint density at radius 3 is 2.68 bits per heavy atom. The van der Waals surface area contributed by atoms with Crippen LogP contribution in [0, 0.1) is 0 Å². The van der Waals surface area contributed by atoms with Gasteiger partial charge in [-0.1, -0.05) is 18.2 Å². The van der Waals surface area contributed by atoms with E-state index in [1.165, 1.54) is 0 Å². The van der Waals surface area contributed by atoms with Crippen molar-refractivity contribution in [1.29, 1.82) is 0 Å². The molecule has 3 rings (SSSR count). The zero-order valence-electron chi connectivity index (χ0n) is 13.5. The molecule has 0 radical (unpaired) electrons. The van der Waals surface area contributed by atoms with Crippen molar-refractivity contribution in [2.24, 2.45) is 0 Å². The molecular weight excluding hydrogens is 356 g/mol. The van der Waals surface area contributed by atoms with E-state index in [0.717, 1.165) is 16.7 Å². The molecule has 25 heavy (non-hydrogen) atoms. The van der Waals surface area contributed by atoms with E-state index in [1.807, 2.05) is 41.1 Å². The van der Waals surface area contributed by atoms with Gasteiger partial charge in [-0.25, -0.2) is 13.1 Å². The van der Waals surface area contributed by atoms with Crippen LogP contribution in [-0.2, 0) is 16.6 Å². The van der Waals surface area contributed by atoms with Crippen molar-refractivity contribution >= 4 is 21.4 Å². The van der Waals surface area contributed by atoms with Crippen LogP contribution in [-0.4, -0.2) is 25.8 Å².